The molecule has 1 aromatic heterocycles. The molecule has 1 saturated heterocycles. The molecule has 5 heteroatoms. The van der Waals surface area contributed by atoms with Crippen LogP contribution >= 0.6 is 11.8 Å². The van der Waals surface area contributed by atoms with Crippen LogP contribution in [0.4, 0.5) is 0 Å². The first-order valence-electron chi connectivity index (χ1n) is 8.72. The van der Waals surface area contributed by atoms with Crippen LogP contribution in [0.5, 0.6) is 0 Å². The number of para-hydroxylation sites is 1. The summed E-state index contributed by atoms with van der Waals surface area (Å²) in [6, 6.07) is 8.04. The van der Waals surface area contributed by atoms with Gasteiger partial charge in [0.2, 0.25) is 5.91 Å². The minimum atomic E-state index is 0.223. The maximum absolute atomic E-state index is 12.5. The first kappa shape index (κ1) is 17.2. The molecule has 4 nitrogen and oxygen atoms in total. The van der Waals surface area contributed by atoms with Crippen molar-refractivity contribution in [1.29, 1.82) is 0 Å². The third-order valence-electron chi connectivity index (χ3n) is 4.57. The number of benzene rings is 1. The Balaban J connectivity index is 1.75. The van der Waals surface area contributed by atoms with Crippen molar-refractivity contribution in [2.75, 3.05) is 18.8 Å². The summed E-state index contributed by atoms with van der Waals surface area (Å²) in [6.45, 7) is 8.24. The van der Waals surface area contributed by atoms with E-state index in [1.165, 1.54) is 0 Å². The smallest absolute Gasteiger partial charge is 0.232 e. The Kier molecular flexibility index (Phi) is 5.39. The highest BCUT2D eigenvalue weighted by Crippen LogP contribution is 2.27. The van der Waals surface area contributed by atoms with E-state index in [0.29, 0.717) is 5.75 Å². The summed E-state index contributed by atoms with van der Waals surface area (Å²) >= 11 is 1.54. The molecule has 0 radical (unpaired) electrons. The van der Waals surface area contributed by atoms with E-state index in [0.717, 1.165) is 53.6 Å². The molecule has 2 aromatic rings. The highest BCUT2D eigenvalue weighted by molar-refractivity contribution is 8.00. The Morgan fingerprint density at radius 2 is 1.96 bits per heavy atom. The molecule has 0 unspecified atom stereocenters. The van der Waals surface area contributed by atoms with Crippen LogP contribution in [0.2, 0.25) is 0 Å². The number of rotatable bonds is 4. The average Bonchev–Trinajstić information content (AvgIpc) is 2.59. The summed E-state index contributed by atoms with van der Waals surface area (Å²) in [5.74, 6) is 2.53. The molecule has 0 saturated carbocycles. The van der Waals surface area contributed by atoms with Crippen molar-refractivity contribution >= 4 is 28.6 Å². The Morgan fingerprint density at radius 3 is 2.67 bits per heavy atom. The summed E-state index contributed by atoms with van der Waals surface area (Å²) in [4.78, 5) is 23.8. The number of piperidine rings is 1. The van der Waals surface area contributed by atoms with E-state index in [1.54, 1.807) is 11.8 Å². The standard InChI is InChI=1S/C19H25N3OS/c1-13(2)18-20-16-7-5-4-6-15(16)19(21-18)24-12-17(23)22-10-8-14(3)9-11-22/h4-7,13-14H,8-12H2,1-3H3. The fraction of sp³-hybridized carbons (Fsp3) is 0.526. The average molecular weight is 343 g/mol. The predicted molar refractivity (Wildman–Crippen MR) is 99.3 cm³/mol. The van der Waals surface area contributed by atoms with Crippen LogP contribution in [0.25, 0.3) is 10.9 Å². The number of hydrogen-bond acceptors (Lipinski definition) is 4. The lowest BCUT2D eigenvalue weighted by molar-refractivity contribution is -0.129. The van der Waals surface area contributed by atoms with Gasteiger partial charge in [-0.15, -0.1) is 0 Å². The molecule has 2 heterocycles. The number of nitrogens with zero attached hydrogens (tertiary/aromatic N) is 3. The van der Waals surface area contributed by atoms with E-state index in [2.05, 4.69) is 25.8 Å². The van der Waals surface area contributed by atoms with Gasteiger partial charge < -0.3 is 4.90 Å². The number of carbonyl (C=O) groups is 1. The summed E-state index contributed by atoms with van der Waals surface area (Å²) in [5, 5.41) is 1.95. The van der Waals surface area contributed by atoms with Gasteiger partial charge in [0, 0.05) is 24.4 Å². The number of likely N-dealkylation sites (tertiary alicyclic amines) is 1. The minimum absolute atomic E-state index is 0.223. The van der Waals surface area contributed by atoms with Crippen molar-refractivity contribution in [2.45, 2.75) is 44.6 Å². The summed E-state index contributed by atoms with van der Waals surface area (Å²) in [5.41, 5.74) is 0.956. The van der Waals surface area contributed by atoms with Gasteiger partial charge in [-0.1, -0.05) is 50.7 Å². The fourth-order valence-electron chi connectivity index (χ4n) is 2.91. The van der Waals surface area contributed by atoms with Crippen molar-refractivity contribution < 1.29 is 4.79 Å². The van der Waals surface area contributed by atoms with Crippen LogP contribution in [0.3, 0.4) is 0 Å². The number of thioether (sulfide) groups is 1. The second-order valence-corrected chi connectivity index (χ2v) is 7.87. The van der Waals surface area contributed by atoms with E-state index in [1.807, 2.05) is 29.2 Å². The second-order valence-electron chi connectivity index (χ2n) is 6.91. The molecule has 1 aromatic carbocycles. The van der Waals surface area contributed by atoms with Crippen molar-refractivity contribution in [3.05, 3.63) is 30.1 Å². The SMILES string of the molecule is CC1CCN(C(=O)CSc2nc(C(C)C)nc3ccccc23)CC1. The molecule has 128 valence electrons. The van der Waals surface area contributed by atoms with E-state index in [9.17, 15) is 4.79 Å². The van der Waals surface area contributed by atoms with Gasteiger partial charge in [0.15, 0.2) is 0 Å². The molecule has 0 atom stereocenters. The molecular formula is C19H25N3OS. The zero-order valence-corrected chi connectivity index (χ0v) is 15.5. The van der Waals surface area contributed by atoms with Crippen LogP contribution in [0.15, 0.2) is 29.3 Å². The molecule has 0 N–H and O–H groups in total. The topological polar surface area (TPSA) is 46.1 Å². The number of fused-ring (bicyclic) bond motifs is 1. The van der Waals surface area contributed by atoms with Crippen LogP contribution < -0.4 is 0 Å². The number of carbonyl (C=O) groups excluding carboxylic acids is 1. The van der Waals surface area contributed by atoms with Crippen molar-refractivity contribution in [2.24, 2.45) is 5.92 Å². The molecule has 1 amide bonds. The van der Waals surface area contributed by atoms with E-state index >= 15 is 0 Å². The summed E-state index contributed by atoms with van der Waals surface area (Å²) in [6.07, 6.45) is 2.23. The highest BCUT2D eigenvalue weighted by atomic mass is 32.2. The fourth-order valence-corrected chi connectivity index (χ4v) is 3.84. The van der Waals surface area contributed by atoms with Gasteiger partial charge in [0.25, 0.3) is 0 Å². The van der Waals surface area contributed by atoms with Gasteiger partial charge in [-0.3, -0.25) is 4.79 Å². The van der Waals surface area contributed by atoms with Crippen LogP contribution in [0.1, 0.15) is 45.4 Å². The predicted octanol–water partition coefficient (Wildman–Crippen LogP) is 4.10. The van der Waals surface area contributed by atoms with E-state index in [-0.39, 0.29) is 11.8 Å². The third-order valence-corrected chi connectivity index (χ3v) is 5.55. The lowest BCUT2D eigenvalue weighted by Gasteiger charge is -2.30. The van der Waals surface area contributed by atoms with E-state index in [4.69, 9.17) is 4.98 Å². The van der Waals surface area contributed by atoms with E-state index < -0.39 is 0 Å². The van der Waals surface area contributed by atoms with Gasteiger partial charge in [-0.2, -0.15) is 0 Å². The number of hydrogen-bond donors (Lipinski definition) is 0. The molecular weight excluding hydrogens is 318 g/mol. The first-order valence-corrected chi connectivity index (χ1v) is 9.70. The summed E-state index contributed by atoms with van der Waals surface area (Å²) < 4.78 is 0. The van der Waals surface area contributed by atoms with Gasteiger partial charge >= 0.3 is 0 Å². The Hall–Kier alpha value is -1.62. The number of amides is 1. The molecule has 0 spiro atoms. The lowest BCUT2D eigenvalue weighted by atomic mass is 9.99. The Bertz CT molecular complexity index is 724. The zero-order valence-electron chi connectivity index (χ0n) is 14.7. The van der Waals surface area contributed by atoms with Crippen LogP contribution in [-0.2, 0) is 4.79 Å². The molecule has 0 bridgehead atoms. The van der Waals surface area contributed by atoms with Gasteiger partial charge in [0.1, 0.15) is 10.9 Å². The van der Waals surface area contributed by atoms with Gasteiger partial charge in [-0.05, 0) is 24.8 Å². The maximum Gasteiger partial charge on any atom is 0.232 e. The molecule has 24 heavy (non-hydrogen) atoms. The molecule has 1 aliphatic rings. The monoisotopic (exact) mass is 343 g/mol. The zero-order chi connectivity index (χ0) is 17.1. The van der Waals surface area contributed by atoms with Gasteiger partial charge in [0.05, 0.1) is 11.3 Å². The van der Waals surface area contributed by atoms with Crippen LogP contribution in [0, 0.1) is 5.92 Å². The quantitative estimate of drug-likeness (QED) is 0.619. The number of aromatic nitrogens is 2. The Labute approximate surface area is 148 Å². The maximum atomic E-state index is 12.5. The normalized spacial score (nSPS) is 16.1. The summed E-state index contributed by atoms with van der Waals surface area (Å²) in [7, 11) is 0. The van der Waals surface area contributed by atoms with Crippen LogP contribution in [-0.4, -0.2) is 39.6 Å². The molecule has 1 aliphatic heterocycles. The highest BCUT2D eigenvalue weighted by Gasteiger charge is 2.21. The Morgan fingerprint density at radius 1 is 1.25 bits per heavy atom. The lowest BCUT2D eigenvalue weighted by Crippen LogP contribution is -2.38. The molecule has 1 fully saturated rings. The molecule has 3 rings (SSSR count). The second kappa shape index (κ2) is 7.51. The van der Waals surface area contributed by atoms with Crippen molar-refractivity contribution in [1.82, 2.24) is 14.9 Å². The third kappa shape index (κ3) is 3.89. The minimum Gasteiger partial charge on any atom is -0.342 e. The molecule has 0 aliphatic carbocycles. The van der Waals surface area contributed by atoms with Gasteiger partial charge in [-0.25, -0.2) is 9.97 Å². The van der Waals surface area contributed by atoms with Crippen molar-refractivity contribution in [3.63, 3.8) is 0 Å². The van der Waals surface area contributed by atoms with Crippen molar-refractivity contribution in [3.8, 4) is 0 Å². The first-order chi connectivity index (χ1) is 11.5. The largest absolute Gasteiger partial charge is 0.342 e.